The molecular weight excluding hydrogens is 170 g/mol. The van der Waals surface area contributed by atoms with E-state index in [2.05, 4.69) is 4.98 Å². The summed E-state index contributed by atoms with van der Waals surface area (Å²) in [7, 11) is 0. The number of hydrogen-bond acceptors (Lipinski definition) is 2. The van der Waals surface area contributed by atoms with Crippen LogP contribution in [0.4, 0.5) is 0 Å². The van der Waals surface area contributed by atoms with Crippen molar-refractivity contribution in [2.45, 2.75) is 19.3 Å². The first kappa shape index (κ1) is 8.04. The van der Waals surface area contributed by atoms with Gasteiger partial charge in [-0.15, -0.1) is 0 Å². The highest BCUT2D eigenvalue weighted by Crippen LogP contribution is 2.21. The predicted octanol–water partition coefficient (Wildman–Crippen LogP) is 1.23. The number of rotatable bonds is 1. The first-order valence-corrected chi connectivity index (χ1v) is 4.17. The quantitative estimate of drug-likeness (QED) is 0.681. The van der Waals surface area contributed by atoms with E-state index in [9.17, 15) is 9.59 Å². The Hall–Kier alpha value is -1.58. The van der Waals surface area contributed by atoms with Crippen molar-refractivity contribution in [1.29, 1.82) is 0 Å². The van der Waals surface area contributed by atoms with Crippen molar-refractivity contribution >= 4 is 11.8 Å². The predicted molar refractivity (Wildman–Crippen MR) is 45.0 cm³/mol. The lowest BCUT2D eigenvalue weighted by atomic mass is 9.97. The number of carboxylic acids is 1. The number of aromatic carboxylic acids is 1. The minimum atomic E-state index is -1.01. The van der Waals surface area contributed by atoms with Gasteiger partial charge in [0.1, 0.15) is 5.69 Å². The van der Waals surface area contributed by atoms with E-state index < -0.39 is 5.97 Å². The van der Waals surface area contributed by atoms with Crippen LogP contribution in [0.2, 0.25) is 0 Å². The van der Waals surface area contributed by atoms with Crippen molar-refractivity contribution < 1.29 is 14.7 Å². The molecule has 1 aromatic rings. The molecule has 0 bridgehead atoms. The number of H-pyrrole nitrogens is 1. The maximum absolute atomic E-state index is 11.3. The molecule has 0 unspecified atom stereocenters. The van der Waals surface area contributed by atoms with Gasteiger partial charge in [0.2, 0.25) is 0 Å². The fraction of sp³-hybridized carbons (Fsp3) is 0.333. The van der Waals surface area contributed by atoms with Crippen LogP contribution in [-0.4, -0.2) is 21.8 Å². The van der Waals surface area contributed by atoms with E-state index in [1.165, 1.54) is 0 Å². The summed E-state index contributed by atoms with van der Waals surface area (Å²) in [5, 5.41) is 8.68. The third kappa shape index (κ3) is 1.24. The molecule has 4 heteroatoms. The lowest BCUT2D eigenvalue weighted by molar-refractivity contribution is 0.0691. The smallest absolute Gasteiger partial charge is 0.352 e. The zero-order valence-corrected chi connectivity index (χ0v) is 6.96. The second kappa shape index (κ2) is 2.73. The molecular formula is C9H9NO3. The van der Waals surface area contributed by atoms with Crippen LogP contribution in [0.1, 0.15) is 39.4 Å². The molecule has 1 heterocycles. The van der Waals surface area contributed by atoms with E-state index in [1.54, 1.807) is 6.07 Å². The van der Waals surface area contributed by atoms with Crippen molar-refractivity contribution in [1.82, 2.24) is 4.98 Å². The Bertz CT molecular complexity index is 378. The average Bonchev–Trinajstić information content (AvgIpc) is 2.49. The summed E-state index contributed by atoms with van der Waals surface area (Å²) in [5.41, 5.74) is 1.44. The highest BCUT2D eigenvalue weighted by molar-refractivity contribution is 5.99. The minimum absolute atomic E-state index is 0.0220. The standard InChI is InChI=1S/C9H9NO3/c11-7-3-1-2-5-4-6(9(12)13)10-8(5)7/h4,10H,1-3H2,(H,12,13). The van der Waals surface area contributed by atoms with Gasteiger partial charge in [0.05, 0.1) is 5.69 Å². The molecule has 0 aliphatic heterocycles. The van der Waals surface area contributed by atoms with Gasteiger partial charge in [0.25, 0.3) is 0 Å². The Morgan fingerprint density at radius 2 is 2.23 bits per heavy atom. The number of aromatic nitrogens is 1. The molecule has 0 atom stereocenters. The number of aromatic amines is 1. The number of carboxylic acid groups (broad SMARTS) is 1. The van der Waals surface area contributed by atoms with Crippen LogP contribution in [0.25, 0.3) is 0 Å². The number of aryl methyl sites for hydroxylation is 1. The number of carbonyl (C=O) groups excluding carboxylic acids is 1. The summed E-state index contributed by atoms with van der Waals surface area (Å²) in [6.45, 7) is 0. The molecule has 1 aromatic heterocycles. The maximum atomic E-state index is 11.3. The number of nitrogens with one attached hydrogen (secondary N) is 1. The normalized spacial score (nSPS) is 15.5. The maximum Gasteiger partial charge on any atom is 0.352 e. The van der Waals surface area contributed by atoms with E-state index in [0.29, 0.717) is 12.1 Å². The van der Waals surface area contributed by atoms with Gasteiger partial charge in [-0.25, -0.2) is 4.79 Å². The zero-order chi connectivity index (χ0) is 9.42. The number of ketones is 1. The molecule has 0 saturated heterocycles. The Labute approximate surface area is 74.6 Å². The molecule has 2 N–H and O–H groups in total. The van der Waals surface area contributed by atoms with Gasteiger partial charge in [0.15, 0.2) is 5.78 Å². The third-order valence-electron chi connectivity index (χ3n) is 2.26. The molecule has 2 rings (SSSR count). The second-order valence-electron chi connectivity index (χ2n) is 3.17. The van der Waals surface area contributed by atoms with Crippen LogP contribution < -0.4 is 0 Å². The van der Waals surface area contributed by atoms with Gasteiger partial charge in [-0.1, -0.05) is 0 Å². The first-order valence-electron chi connectivity index (χ1n) is 4.17. The van der Waals surface area contributed by atoms with Gasteiger partial charge in [-0.3, -0.25) is 4.79 Å². The minimum Gasteiger partial charge on any atom is -0.477 e. The summed E-state index contributed by atoms with van der Waals surface area (Å²) in [6, 6.07) is 1.55. The van der Waals surface area contributed by atoms with Crippen LogP contribution in [0.15, 0.2) is 6.07 Å². The molecule has 0 saturated carbocycles. The van der Waals surface area contributed by atoms with Crippen molar-refractivity contribution in [3.05, 3.63) is 23.0 Å². The van der Waals surface area contributed by atoms with Crippen molar-refractivity contribution in [3.63, 3.8) is 0 Å². The lowest BCUT2D eigenvalue weighted by Gasteiger charge is -2.07. The molecule has 1 aliphatic rings. The number of Topliss-reactive ketones (excluding diaryl/α,β-unsaturated/α-hetero) is 1. The summed E-state index contributed by atoms with van der Waals surface area (Å²) in [4.78, 5) is 24.5. The third-order valence-corrected chi connectivity index (χ3v) is 2.26. The van der Waals surface area contributed by atoms with Crippen LogP contribution in [0, 0.1) is 0 Å². The Kier molecular flexibility index (Phi) is 1.69. The Morgan fingerprint density at radius 3 is 2.85 bits per heavy atom. The van der Waals surface area contributed by atoms with Crippen molar-refractivity contribution in [3.8, 4) is 0 Å². The Morgan fingerprint density at radius 1 is 1.46 bits per heavy atom. The first-order chi connectivity index (χ1) is 6.18. The van der Waals surface area contributed by atoms with Crippen LogP contribution in [0.5, 0.6) is 0 Å². The van der Waals surface area contributed by atoms with Crippen molar-refractivity contribution in [2.24, 2.45) is 0 Å². The largest absolute Gasteiger partial charge is 0.477 e. The summed E-state index contributed by atoms with van der Waals surface area (Å²) >= 11 is 0. The monoisotopic (exact) mass is 179 g/mol. The van der Waals surface area contributed by atoms with Crippen LogP contribution in [-0.2, 0) is 6.42 Å². The molecule has 13 heavy (non-hydrogen) atoms. The molecule has 0 aromatic carbocycles. The molecule has 4 nitrogen and oxygen atoms in total. The molecule has 0 radical (unpaired) electrons. The van der Waals surface area contributed by atoms with E-state index >= 15 is 0 Å². The fourth-order valence-corrected chi connectivity index (χ4v) is 1.62. The van der Waals surface area contributed by atoms with Gasteiger partial charge in [-0.2, -0.15) is 0 Å². The average molecular weight is 179 g/mol. The van der Waals surface area contributed by atoms with E-state index in [0.717, 1.165) is 18.4 Å². The van der Waals surface area contributed by atoms with E-state index in [1.807, 2.05) is 0 Å². The fourth-order valence-electron chi connectivity index (χ4n) is 1.62. The SMILES string of the molecule is O=C(O)c1cc2c([nH]1)C(=O)CCC2. The van der Waals surface area contributed by atoms with Gasteiger partial charge >= 0.3 is 5.97 Å². The topological polar surface area (TPSA) is 70.2 Å². The molecule has 0 amide bonds. The zero-order valence-electron chi connectivity index (χ0n) is 6.96. The summed E-state index contributed by atoms with van der Waals surface area (Å²) in [6.07, 6.45) is 2.14. The van der Waals surface area contributed by atoms with Gasteiger partial charge in [0, 0.05) is 6.42 Å². The van der Waals surface area contributed by atoms with Crippen molar-refractivity contribution in [2.75, 3.05) is 0 Å². The van der Waals surface area contributed by atoms with Crippen LogP contribution in [0.3, 0.4) is 0 Å². The van der Waals surface area contributed by atoms with Gasteiger partial charge < -0.3 is 10.1 Å². The molecule has 1 aliphatic carbocycles. The molecule has 68 valence electrons. The highest BCUT2D eigenvalue weighted by Gasteiger charge is 2.21. The molecule has 0 spiro atoms. The molecule has 0 fully saturated rings. The Balaban J connectivity index is 2.48. The number of carbonyl (C=O) groups is 2. The summed E-state index contributed by atoms with van der Waals surface area (Å²) < 4.78 is 0. The van der Waals surface area contributed by atoms with Crippen LogP contribution >= 0.6 is 0 Å². The summed E-state index contributed by atoms with van der Waals surface area (Å²) in [5.74, 6) is -0.990. The van der Waals surface area contributed by atoms with E-state index in [4.69, 9.17) is 5.11 Å². The second-order valence-corrected chi connectivity index (χ2v) is 3.17. The number of hydrogen-bond donors (Lipinski definition) is 2. The van der Waals surface area contributed by atoms with Gasteiger partial charge in [-0.05, 0) is 24.5 Å². The highest BCUT2D eigenvalue weighted by atomic mass is 16.4. The lowest BCUT2D eigenvalue weighted by Crippen LogP contribution is -2.09. The van der Waals surface area contributed by atoms with E-state index in [-0.39, 0.29) is 11.5 Å². The number of fused-ring (bicyclic) bond motifs is 1.